The highest BCUT2D eigenvalue weighted by molar-refractivity contribution is 5.94. The maximum Gasteiger partial charge on any atom is 0.407 e. The largest absolute Gasteiger partial charge is 0.444 e. The summed E-state index contributed by atoms with van der Waals surface area (Å²) < 4.78 is 5.21. The van der Waals surface area contributed by atoms with Crippen LogP contribution in [0.15, 0.2) is 48.5 Å². The summed E-state index contributed by atoms with van der Waals surface area (Å²) in [4.78, 5) is 24.3. The molecule has 0 aliphatic heterocycles. The summed E-state index contributed by atoms with van der Waals surface area (Å²) in [5, 5.41) is 5.80. The van der Waals surface area contributed by atoms with E-state index in [4.69, 9.17) is 4.74 Å². The minimum Gasteiger partial charge on any atom is -0.444 e. The van der Waals surface area contributed by atoms with Gasteiger partial charge in [-0.2, -0.15) is 0 Å². The predicted molar refractivity (Wildman–Crippen MR) is 111 cm³/mol. The summed E-state index contributed by atoms with van der Waals surface area (Å²) in [6, 6.07) is 15.4. The molecule has 150 valence electrons. The van der Waals surface area contributed by atoms with E-state index in [1.54, 1.807) is 12.1 Å². The number of aryl methyl sites for hydroxylation is 1. The van der Waals surface area contributed by atoms with Gasteiger partial charge in [0.05, 0.1) is 6.04 Å². The molecule has 5 heteroatoms. The molecular formula is C23H30N2O3. The maximum absolute atomic E-state index is 12.6. The summed E-state index contributed by atoms with van der Waals surface area (Å²) in [5.74, 6) is -0.112. The molecule has 0 spiro atoms. The number of carbonyl (C=O) groups is 2. The van der Waals surface area contributed by atoms with Crippen molar-refractivity contribution in [2.75, 3.05) is 0 Å². The SMILES string of the molecule is CC[C@H](NC(=O)c1ccc(CNC(=O)OC(C)(C)C)cc1)c1ccc(C)cc1. The van der Waals surface area contributed by atoms with E-state index >= 15 is 0 Å². The van der Waals surface area contributed by atoms with E-state index < -0.39 is 11.7 Å². The average molecular weight is 383 g/mol. The van der Waals surface area contributed by atoms with Crippen molar-refractivity contribution in [1.82, 2.24) is 10.6 Å². The van der Waals surface area contributed by atoms with Crippen LogP contribution in [0.5, 0.6) is 0 Å². The van der Waals surface area contributed by atoms with Crippen molar-refractivity contribution in [3.8, 4) is 0 Å². The van der Waals surface area contributed by atoms with E-state index in [-0.39, 0.29) is 11.9 Å². The fourth-order valence-electron chi connectivity index (χ4n) is 2.72. The lowest BCUT2D eigenvalue weighted by Crippen LogP contribution is -2.32. The molecule has 2 rings (SSSR count). The Hall–Kier alpha value is -2.82. The molecule has 0 saturated heterocycles. The molecule has 2 amide bonds. The maximum atomic E-state index is 12.6. The fraction of sp³-hybridized carbons (Fsp3) is 0.391. The quantitative estimate of drug-likeness (QED) is 0.747. The highest BCUT2D eigenvalue weighted by Crippen LogP contribution is 2.18. The van der Waals surface area contributed by atoms with E-state index in [2.05, 4.69) is 41.8 Å². The van der Waals surface area contributed by atoms with Crippen LogP contribution in [0.1, 0.15) is 67.2 Å². The molecule has 2 aromatic carbocycles. The van der Waals surface area contributed by atoms with Crippen LogP contribution in [0.3, 0.4) is 0 Å². The fourth-order valence-corrected chi connectivity index (χ4v) is 2.72. The van der Waals surface area contributed by atoms with E-state index in [0.717, 1.165) is 17.5 Å². The zero-order valence-corrected chi connectivity index (χ0v) is 17.3. The van der Waals surface area contributed by atoms with Gasteiger partial charge in [-0.25, -0.2) is 4.79 Å². The number of hydrogen-bond acceptors (Lipinski definition) is 3. The number of alkyl carbamates (subject to hydrolysis) is 1. The molecule has 5 nitrogen and oxygen atoms in total. The molecular weight excluding hydrogens is 352 g/mol. The van der Waals surface area contributed by atoms with Crippen molar-refractivity contribution in [2.24, 2.45) is 0 Å². The third kappa shape index (κ3) is 6.72. The molecule has 0 bridgehead atoms. The van der Waals surface area contributed by atoms with Crippen LogP contribution in [-0.4, -0.2) is 17.6 Å². The molecule has 0 heterocycles. The zero-order valence-electron chi connectivity index (χ0n) is 17.3. The van der Waals surface area contributed by atoms with Crippen LogP contribution in [-0.2, 0) is 11.3 Å². The highest BCUT2D eigenvalue weighted by atomic mass is 16.6. The van der Waals surface area contributed by atoms with Crippen LogP contribution >= 0.6 is 0 Å². The van der Waals surface area contributed by atoms with Gasteiger partial charge < -0.3 is 15.4 Å². The second kappa shape index (κ2) is 9.40. The van der Waals surface area contributed by atoms with Crippen molar-refractivity contribution in [1.29, 1.82) is 0 Å². The number of carbonyl (C=O) groups excluding carboxylic acids is 2. The topological polar surface area (TPSA) is 67.4 Å². The van der Waals surface area contributed by atoms with Crippen molar-refractivity contribution < 1.29 is 14.3 Å². The number of rotatable bonds is 6. The summed E-state index contributed by atoms with van der Waals surface area (Å²) in [6.07, 6.45) is 0.352. The van der Waals surface area contributed by atoms with Gasteiger partial charge in [0.2, 0.25) is 0 Å². The van der Waals surface area contributed by atoms with Gasteiger partial charge >= 0.3 is 6.09 Å². The summed E-state index contributed by atoms with van der Waals surface area (Å²) >= 11 is 0. The van der Waals surface area contributed by atoms with Crippen LogP contribution in [0.25, 0.3) is 0 Å². The molecule has 0 aliphatic carbocycles. The Balaban J connectivity index is 1.93. The third-order valence-corrected chi connectivity index (χ3v) is 4.25. The summed E-state index contributed by atoms with van der Waals surface area (Å²) in [7, 11) is 0. The minimum absolute atomic E-state index is 0.0263. The van der Waals surface area contributed by atoms with Crippen molar-refractivity contribution in [3.63, 3.8) is 0 Å². The third-order valence-electron chi connectivity index (χ3n) is 4.25. The van der Waals surface area contributed by atoms with Crippen molar-refractivity contribution in [2.45, 2.75) is 59.2 Å². The first-order chi connectivity index (χ1) is 13.2. The number of nitrogens with one attached hydrogen (secondary N) is 2. The Morgan fingerprint density at radius 2 is 1.61 bits per heavy atom. The smallest absolute Gasteiger partial charge is 0.407 e. The van der Waals surface area contributed by atoms with Crippen LogP contribution in [0, 0.1) is 6.92 Å². The van der Waals surface area contributed by atoms with Crippen LogP contribution < -0.4 is 10.6 Å². The van der Waals surface area contributed by atoms with Crippen molar-refractivity contribution in [3.05, 3.63) is 70.8 Å². The summed E-state index contributed by atoms with van der Waals surface area (Å²) in [6.45, 7) is 9.90. The lowest BCUT2D eigenvalue weighted by Gasteiger charge is -2.19. The Bertz CT molecular complexity index is 790. The molecule has 0 unspecified atom stereocenters. The first-order valence-corrected chi connectivity index (χ1v) is 9.61. The lowest BCUT2D eigenvalue weighted by molar-refractivity contribution is 0.0523. The molecule has 0 aromatic heterocycles. The first kappa shape index (κ1) is 21.5. The Kier molecular flexibility index (Phi) is 7.21. The minimum atomic E-state index is -0.528. The molecule has 0 radical (unpaired) electrons. The molecule has 0 saturated carbocycles. The van der Waals surface area contributed by atoms with Gasteiger partial charge in [0.25, 0.3) is 5.91 Å². The van der Waals surface area contributed by atoms with Crippen LogP contribution in [0.4, 0.5) is 4.79 Å². The molecule has 1 atom stereocenters. The van der Waals surface area contributed by atoms with Gasteiger partial charge in [-0.05, 0) is 57.4 Å². The van der Waals surface area contributed by atoms with Gasteiger partial charge in [-0.1, -0.05) is 48.9 Å². The zero-order chi connectivity index (χ0) is 20.7. The number of amides is 2. The Morgan fingerprint density at radius 3 is 2.14 bits per heavy atom. The Labute approximate surface area is 167 Å². The van der Waals surface area contributed by atoms with E-state index in [0.29, 0.717) is 12.1 Å². The molecule has 28 heavy (non-hydrogen) atoms. The normalized spacial score (nSPS) is 12.2. The van der Waals surface area contributed by atoms with Gasteiger partial charge in [0.1, 0.15) is 5.60 Å². The molecule has 2 aromatic rings. The highest BCUT2D eigenvalue weighted by Gasteiger charge is 2.16. The molecule has 2 N–H and O–H groups in total. The van der Waals surface area contributed by atoms with Gasteiger partial charge in [-0.3, -0.25) is 4.79 Å². The molecule has 0 aliphatic rings. The second-order valence-electron chi connectivity index (χ2n) is 7.90. The number of hydrogen-bond donors (Lipinski definition) is 2. The van der Waals surface area contributed by atoms with Crippen LogP contribution in [0.2, 0.25) is 0 Å². The van der Waals surface area contributed by atoms with E-state index in [1.165, 1.54) is 5.56 Å². The average Bonchev–Trinajstić information content (AvgIpc) is 2.64. The standard InChI is InChI=1S/C23H30N2O3/c1-6-20(18-11-7-16(2)8-12-18)25-21(26)19-13-9-17(10-14-19)15-24-22(27)28-23(3,4)5/h7-14,20H,6,15H2,1-5H3,(H,24,27)(H,25,26)/t20-/m0/s1. The summed E-state index contributed by atoms with van der Waals surface area (Å²) in [5.41, 5.74) is 3.25. The van der Waals surface area contributed by atoms with Gasteiger partial charge in [0.15, 0.2) is 0 Å². The number of ether oxygens (including phenoxy) is 1. The van der Waals surface area contributed by atoms with E-state index in [9.17, 15) is 9.59 Å². The van der Waals surface area contributed by atoms with Crippen molar-refractivity contribution >= 4 is 12.0 Å². The molecule has 0 fully saturated rings. The van der Waals surface area contributed by atoms with Gasteiger partial charge in [-0.15, -0.1) is 0 Å². The Morgan fingerprint density at radius 1 is 1.00 bits per heavy atom. The van der Waals surface area contributed by atoms with E-state index in [1.807, 2.05) is 39.8 Å². The predicted octanol–water partition coefficient (Wildman–Crippen LogP) is 4.90. The lowest BCUT2D eigenvalue weighted by atomic mass is 10.0. The van der Waals surface area contributed by atoms with Gasteiger partial charge in [0, 0.05) is 12.1 Å². The first-order valence-electron chi connectivity index (χ1n) is 9.61. The second-order valence-corrected chi connectivity index (χ2v) is 7.90. The number of benzene rings is 2. The monoisotopic (exact) mass is 382 g/mol.